The van der Waals surface area contributed by atoms with Crippen LogP contribution in [-0.2, 0) is 41.8 Å². The second-order valence-corrected chi connectivity index (χ2v) is 17.4. The van der Waals surface area contributed by atoms with Crippen molar-refractivity contribution in [3.05, 3.63) is 88.9 Å². The van der Waals surface area contributed by atoms with Crippen LogP contribution in [0.5, 0.6) is 5.75 Å². The minimum Gasteiger partial charge on any atom is -0.493 e. The van der Waals surface area contributed by atoms with E-state index < -0.39 is 74.2 Å². The van der Waals surface area contributed by atoms with Gasteiger partial charge in [0.25, 0.3) is 10.0 Å². The van der Waals surface area contributed by atoms with Crippen LogP contribution in [0.25, 0.3) is 0 Å². The molecule has 1 heterocycles. The standard InChI is InChI=1S/C39H46ClF3N4O9S/c1-37(2,3)55-35(49)47(36(50)56-38(4,5)6)34(44)45-18-16-27(17-19-45)24-53-30-21-28(39(41,42)43)20-29(22-30)46(57(51,52)32-15-11-10-14-31(32)40)23-33(48)54-25-26-12-8-7-9-13-26/h7-15,20-22,27,44H,16-19,23-25H2,1-6H3. The molecule has 1 aliphatic heterocycles. The van der Waals surface area contributed by atoms with Crippen LogP contribution in [0, 0.1) is 11.3 Å². The Labute approximate surface area is 335 Å². The Kier molecular flexibility index (Phi) is 14.1. The summed E-state index contributed by atoms with van der Waals surface area (Å²) in [6, 6.07) is 16.2. The van der Waals surface area contributed by atoms with E-state index in [1.807, 2.05) is 0 Å². The molecule has 4 rings (SSSR count). The number of halogens is 4. The number of amides is 2. The molecule has 0 aromatic heterocycles. The van der Waals surface area contributed by atoms with Gasteiger partial charge in [-0.15, -0.1) is 4.90 Å². The topological polar surface area (TPSA) is 156 Å². The molecule has 0 aliphatic carbocycles. The summed E-state index contributed by atoms with van der Waals surface area (Å²) in [6.07, 6.45) is -6.46. The molecule has 3 aromatic carbocycles. The van der Waals surface area contributed by atoms with Crippen molar-refractivity contribution >= 4 is 51.4 Å². The van der Waals surface area contributed by atoms with Crippen LogP contribution in [0.4, 0.5) is 28.4 Å². The van der Waals surface area contributed by atoms with Gasteiger partial charge in [0.15, 0.2) is 0 Å². The Morgan fingerprint density at radius 2 is 1.42 bits per heavy atom. The molecule has 1 saturated heterocycles. The molecule has 1 fully saturated rings. The first-order valence-corrected chi connectivity index (χ1v) is 19.7. The summed E-state index contributed by atoms with van der Waals surface area (Å²) < 4.78 is 93.4. The van der Waals surface area contributed by atoms with Crippen LogP contribution in [0.3, 0.4) is 0 Å². The third-order valence-electron chi connectivity index (χ3n) is 8.19. The Morgan fingerprint density at radius 1 is 0.860 bits per heavy atom. The number of likely N-dealkylation sites (tertiary alicyclic amines) is 1. The summed E-state index contributed by atoms with van der Waals surface area (Å²) in [7, 11) is -4.75. The van der Waals surface area contributed by atoms with Gasteiger partial charge in [0.1, 0.15) is 35.0 Å². The second-order valence-electron chi connectivity index (χ2n) is 15.2. The van der Waals surface area contributed by atoms with Crippen LogP contribution in [-0.4, -0.2) is 79.8 Å². The largest absolute Gasteiger partial charge is 0.493 e. The number of nitrogens with zero attached hydrogens (tertiary/aromatic N) is 3. The lowest BCUT2D eigenvalue weighted by molar-refractivity contribution is -0.143. The van der Waals surface area contributed by atoms with E-state index >= 15 is 0 Å². The number of esters is 1. The number of sulfonamides is 1. The smallest absolute Gasteiger partial charge is 0.427 e. The number of alkyl halides is 3. The quantitative estimate of drug-likeness (QED) is 0.0910. The molecule has 0 unspecified atom stereocenters. The van der Waals surface area contributed by atoms with E-state index in [1.54, 1.807) is 71.9 Å². The van der Waals surface area contributed by atoms with E-state index in [9.17, 15) is 36.0 Å². The predicted molar refractivity (Wildman–Crippen MR) is 205 cm³/mol. The third-order valence-corrected chi connectivity index (χ3v) is 10.5. The van der Waals surface area contributed by atoms with Crippen molar-refractivity contribution in [1.82, 2.24) is 9.80 Å². The van der Waals surface area contributed by atoms with Crippen LogP contribution < -0.4 is 9.04 Å². The van der Waals surface area contributed by atoms with Crippen LogP contribution >= 0.6 is 11.6 Å². The zero-order valence-corrected chi connectivity index (χ0v) is 34.0. The highest BCUT2D eigenvalue weighted by Gasteiger charge is 2.39. The highest BCUT2D eigenvalue weighted by molar-refractivity contribution is 7.93. The third kappa shape index (κ3) is 12.7. The van der Waals surface area contributed by atoms with Crippen molar-refractivity contribution in [2.24, 2.45) is 5.92 Å². The van der Waals surface area contributed by atoms with Gasteiger partial charge in [-0.05, 0) is 90.1 Å². The average Bonchev–Trinajstić information content (AvgIpc) is 3.11. The first-order valence-electron chi connectivity index (χ1n) is 17.9. The van der Waals surface area contributed by atoms with Crippen molar-refractivity contribution in [3.8, 4) is 5.75 Å². The number of carbonyl (C=O) groups is 3. The van der Waals surface area contributed by atoms with Gasteiger partial charge in [0, 0.05) is 19.2 Å². The van der Waals surface area contributed by atoms with Crippen molar-refractivity contribution in [2.75, 3.05) is 30.5 Å². The van der Waals surface area contributed by atoms with Gasteiger partial charge >= 0.3 is 24.3 Å². The molecule has 1 N–H and O–H groups in total. The fourth-order valence-electron chi connectivity index (χ4n) is 5.49. The zero-order valence-electron chi connectivity index (χ0n) is 32.4. The van der Waals surface area contributed by atoms with E-state index in [2.05, 4.69) is 0 Å². The van der Waals surface area contributed by atoms with Crippen molar-refractivity contribution in [1.29, 1.82) is 5.41 Å². The lowest BCUT2D eigenvalue weighted by atomic mass is 9.98. The lowest BCUT2D eigenvalue weighted by Gasteiger charge is -2.37. The first kappa shape index (κ1) is 44.7. The molecular weight excluding hydrogens is 793 g/mol. The number of rotatable bonds is 10. The highest BCUT2D eigenvalue weighted by atomic mass is 35.5. The minimum atomic E-state index is -4.94. The number of carbonyl (C=O) groups excluding carboxylic acids is 3. The molecule has 0 atom stereocenters. The van der Waals surface area contributed by atoms with E-state index in [1.165, 1.54) is 23.1 Å². The predicted octanol–water partition coefficient (Wildman–Crippen LogP) is 8.50. The van der Waals surface area contributed by atoms with Crippen molar-refractivity contribution in [2.45, 2.75) is 83.3 Å². The molecule has 13 nitrogen and oxygen atoms in total. The minimum absolute atomic E-state index is 0.111. The Morgan fingerprint density at radius 3 is 1.96 bits per heavy atom. The lowest BCUT2D eigenvalue weighted by Crippen LogP contribution is -2.54. The number of guanidine groups is 1. The van der Waals surface area contributed by atoms with E-state index in [0.29, 0.717) is 33.7 Å². The SMILES string of the molecule is CC(C)(C)OC(=O)N(C(=N)N1CCC(COc2cc(N(CC(=O)OCc3ccccc3)S(=O)(=O)c3ccccc3Cl)cc(C(F)(F)F)c2)CC1)C(=O)OC(C)(C)C. The summed E-state index contributed by atoms with van der Waals surface area (Å²) >= 11 is 6.23. The summed E-state index contributed by atoms with van der Waals surface area (Å²) in [5.41, 5.74) is -3.12. The van der Waals surface area contributed by atoms with Crippen molar-refractivity contribution < 1.29 is 54.9 Å². The van der Waals surface area contributed by atoms with Gasteiger partial charge in [-0.1, -0.05) is 54.1 Å². The summed E-state index contributed by atoms with van der Waals surface area (Å²) in [4.78, 5) is 40.7. The van der Waals surface area contributed by atoms with Gasteiger partial charge in [0.2, 0.25) is 5.96 Å². The highest BCUT2D eigenvalue weighted by Crippen LogP contribution is 2.38. The molecule has 310 valence electrons. The molecule has 57 heavy (non-hydrogen) atoms. The second kappa shape index (κ2) is 18.1. The number of benzene rings is 3. The zero-order chi connectivity index (χ0) is 42.3. The fourth-order valence-corrected chi connectivity index (χ4v) is 7.38. The molecule has 0 spiro atoms. The number of nitrogens with one attached hydrogen (secondary N) is 1. The number of anilines is 1. The molecule has 0 bridgehead atoms. The molecule has 0 radical (unpaired) electrons. The fraction of sp³-hybridized carbons (Fsp3) is 0.436. The van der Waals surface area contributed by atoms with E-state index in [4.69, 9.17) is 36.0 Å². The number of hydrogen-bond donors (Lipinski definition) is 1. The van der Waals surface area contributed by atoms with Crippen LogP contribution in [0.15, 0.2) is 77.7 Å². The molecule has 3 aromatic rings. The van der Waals surface area contributed by atoms with E-state index in [-0.39, 0.29) is 43.0 Å². The first-order chi connectivity index (χ1) is 26.4. The number of hydrogen-bond acceptors (Lipinski definition) is 10. The maximum absolute atomic E-state index is 14.3. The van der Waals surface area contributed by atoms with Gasteiger partial charge < -0.3 is 23.8 Å². The van der Waals surface area contributed by atoms with E-state index in [0.717, 1.165) is 18.2 Å². The van der Waals surface area contributed by atoms with Crippen LogP contribution in [0.1, 0.15) is 65.5 Å². The maximum atomic E-state index is 14.3. The number of ether oxygens (including phenoxy) is 4. The molecule has 0 saturated carbocycles. The molecule has 1 aliphatic rings. The Bertz CT molecular complexity index is 2000. The van der Waals surface area contributed by atoms with Gasteiger partial charge in [-0.3, -0.25) is 14.5 Å². The maximum Gasteiger partial charge on any atom is 0.427 e. The Hall–Kier alpha value is -5.03. The average molecular weight is 839 g/mol. The normalized spacial score (nSPS) is 14.0. The molecule has 18 heteroatoms. The van der Waals surface area contributed by atoms with Gasteiger partial charge in [-0.2, -0.15) is 13.2 Å². The summed E-state index contributed by atoms with van der Waals surface area (Å²) in [6.45, 7) is 8.66. The van der Waals surface area contributed by atoms with Gasteiger partial charge in [0.05, 0.1) is 22.9 Å². The summed E-state index contributed by atoms with van der Waals surface area (Å²) in [5, 5.41) is 8.51. The van der Waals surface area contributed by atoms with Gasteiger partial charge in [-0.25, -0.2) is 18.0 Å². The van der Waals surface area contributed by atoms with Crippen molar-refractivity contribution in [3.63, 3.8) is 0 Å². The number of imide groups is 1. The summed E-state index contributed by atoms with van der Waals surface area (Å²) in [5.74, 6) is -2.10. The molecule has 2 amide bonds. The number of piperidine rings is 1. The molecular formula is C39H46ClF3N4O9S. The van der Waals surface area contributed by atoms with Crippen LogP contribution in [0.2, 0.25) is 5.02 Å². The monoisotopic (exact) mass is 838 g/mol. The Balaban J connectivity index is 1.56.